The standard InChI is InChI=1S/C24H24FN5O3S2.C24H24N6O2S.C18H19N7O2S.3H2/c1-17-15-28(18-5-7-19(8-6-18)35(32,33)27-24-26-10-14-34-24)12-13-30(17)23(31)16-29-11-9-20-21(25)3-2-4-22(20)29;1-18-16-23(21-4-2-3-5-22(21)27-18)30-14-12-29(13-15-30)19-6-8-20(9-7-19)33(31,32)28-24-10-11-25-17-26-24;26-28(27,23-17-5-6-20-14-22-17)16-3-1-15(2-4-16)24-9-11-25(12-10-24)18-13-19-7-8-21-18;;;/h2-11,14,17H,12-13,15-16H2,1H3,(H,26,27);2-11,16-17H,12-15H2,1H3,(H,25,26,28);1-8,13-14H,9-12H2,(H,20,22,23);3*1H. The van der Waals surface area contributed by atoms with Crippen molar-refractivity contribution >= 4 is 114 Å². The van der Waals surface area contributed by atoms with Gasteiger partial charge in [0.15, 0.2) is 5.13 Å². The van der Waals surface area contributed by atoms with Crippen LogP contribution < -0.4 is 38.7 Å². The highest BCUT2D eigenvalue weighted by molar-refractivity contribution is 7.93. The van der Waals surface area contributed by atoms with E-state index in [1.54, 1.807) is 95.4 Å². The van der Waals surface area contributed by atoms with E-state index in [-0.39, 0.29) is 54.9 Å². The first kappa shape index (κ1) is 65.6. The molecule has 0 aliphatic carbocycles. The first-order valence-electron chi connectivity index (χ1n) is 30.6. The number of amides is 1. The number of benzene rings is 5. The molecule has 0 radical (unpaired) electrons. The number of nitrogens with zero attached hydrogens (tertiary/aromatic N) is 15. The van der Waals surface area contributed by atoms with Crippen molar-refractivity contribution in [2.24, 2.45) is 0 Å². The third kappa shape index (κ3) is 15.7. The number of rotatable bonds is 16. The number of aryl methyl sites for hydroxylation is 1. The minimum atomic E-state index is -3.70. The van der Waals surface area contributed by atoms with Crippen molar-refractivity contribution in [3.8, 4) is 0 Å². The van der Waals surface area contributed by atoms with Crippen LogP contribution in [-0.2, 0) is 41.4 Å². The number of sulfonamides is 3. The molecule has 25 nitrogen and oxygen atoms in total. The van der Waals surface area contributed by atoms with Gasteiger partial charge in [0.2, 0.25) is 5.91 Å². The number of carbonyl (C=O) groups excluding carboxylic acids is 1. The summed E-state index contributed by atoms with van der Waals surface area (Å²) in [5.74, 6) is 1.03. The van der Waals surface area contributed by atoms with E-state index < -0.39 is 30.1 Å². The molecule has 3 saturated heterocycles. The average molecular weight is 1380 g/mol. The van der Waals surface area contributed by atoms with Gasteiger partial charge in [0.05, 0.1) is 31.9 Å². The lowest BCUT2D eigenvalue weighted by Crippen LogP contribution is -2.54. The molecule has 14 rings (SSSR count). The van der Waals surface area contributed by atoms with E-state index in [0.29, 0.717) is 35.7 Å². The molecule has 3 N–H and O–H groups in total. The highest BCUT2D eigenvalue weighted by Gasteiger charge is 2.29. The summed E-state index contributed by atoms with van der Waals surface area (Å²) in [6.45, 7) is 12.7. The van der Waals surface area contributed by atoms with Gasteiger partial charge in [-0.15, -0.1) is 11.3 Å². The van der Waals surface area contributed by atoms with Crippen LogP contribution in [-0.4, -0.2) is 159 Å². The number of fused-ring (bicyclic) bond motifs is 2. The summed E-state index contributed by atoms with van der Waals surface area (Å²) in [5.41, 5.74) is 6.83. The summed E-state index contributed by atoms with van der Waals surface area (Å²) in [5, 5.41) is 3.70. The number of aromatic nitrogens is 9. The number of nitrogens with one attached hydrogen (secondary N) is 3. The van der Waals surface area contributed by atoms with Gasteiger partial charge in [-0.3, -0.25) is 28.9 Å². The Morgan fingerprint density at radius 1 is 0.552 bits per heavy atom. The van der Waals surface area contributed by atoms with Crippen LogP contribution in [0.2, 0.25) is 0 Å². The fourth-order valence-electron chi connectivity index (χ4n) is 11.6. The zero-order chi connectivity index (χ0) is 66.8. The van der Waals surface area contributed by atoms with Gasteiger partial charge in [0, 0.05) is 164 Å². The number of para-hydroxylation sites is 1. The Morgan fingerprint density at radius 3 is 1.65 bits per heavy atom. The Hall–Kier alpha value is -10.4. The average Bonchev–Trinajstić information content (AvgIpc) is 1.77. The van der Waals surface area contributed by atoms with Crippen LogP contribution >= 0.6 is 11.3 Å². The van der Waals surface area contributed by atoms with Gasteiger partial charge in [0.1, 0.15) is 42.5 Å². The smallest absolute Gasteiger partial charge is 0.263 e. The molecule has 11 aromatic rings. The van der Waals surface area contributed by atoms with Crippen LogP contribution in [0, 0.1) is 12.7 Å². The lowest BCUT2D eigenvalue weighted by molar-refractivity contribution is -0.134. The molecule has 1 atom stereocenters. The zero-order valence-corrected chi connectivity index (χ0v) is 55.5. The maximum Gasteiger partial charge on any atom is 0.263 e. The van der Waals surface area contributed by atoms with Crippen molar-refractivity contribution in [3.05, 3.63) is 212 Å². The normalized spacial score (nSPS) is 15.3. The zero-order valence-electron chi connectivity index (χ0n) is 52.2. The van der Waals surface area contributed by atoms with Gasteiger partial charge in [0.25, 0.3) is 30.1 Å². The van der Waals surface area contributed by atoms with Gasteiger partial charge in [-0.2, -0.15) is 0 Å². The summed E-state index contributed by atoms with van der Waals surface area (Å²) < 4.78 is 98.5. The van der Waals surface area contributed by atoms with Gasteiger partial charge in [-0.05, 0) is 129 Å². The third-order valence-corrected chi connectivity index (χ3v) is 21.4. The van der Waals surface area contributed by atoms with E-state index in [0.717, 1.165) is 86.4 Å². The predicted molar refractivity (Wildman–Crippen MR) is 377 cm³/mol. The maximum absolute atomic E-state index is 14.0. The molecule has 0 saturated carbocycles. The summed E-state index contributed by atoms with van der Waals surface area (Å²) >= 11 is 1.21. The topological polar surface area (TPSA) is 283 Å². The van der Waals surface area contributed by atoms with E-state index in [1.165, 1.54) is 71.9 Å². The van der Waals surface area contributed by atoms with Crippen LogP contribution in [0.25, 0.3) is 21.8 Å². The number of halogens is 1. The molecule has 6 aromatic heterocycles. The number of hydrogen-bond acceptors (Lipinski definition) is 21. The van der Waals surface area contributed by atoms with E-state index in [1.807, 2.05) is 61.2 Å². The van der Waals surface area contributed by atoms with Crippen molar-refractivity contribution in [2.45, 2.75) is 41.1 Å². The predicted octanol–water partition coefficient (Wildman–Crippen LogP) is 9.37. The maximum atomic E-state index is 14.0. The van der Waals surface area contributed by atoms with Gasteiger partial charge >= 0.3 is 0 Å². The van der Waals surface area contributed by atoms with Gasteiger partial charge in [-0.1, -0.05) is 24.3 Å². The molecule has 500 valence electrons. The van der Waals surface area contributed by atoms with E-state index >= 15 is 0 Å². The first-order valence-corrected chi connectivity index (χ1v) is 36.0. The molecular weight excluding hydrogens is 1300 g/mol. The van der Waals surface area contributed by atoms with Crippen LogP contribution in [0.15, 0.2) is 216 Å². The summed E-state index contributed by atoms with van der Waals surface area (Å²) in [6, 6.07) is 40.5. The molecule has 1 unspecified atom stereocenters. The lowest BCUT2D eigenvalue weighted by atomic mass is 10.1. The van der Waals surface area contributed by atoms with Gasteiger partial charge < -0.3 is 34.0 Å². The monoisotopic (exact) mass is 1380 g/mol. The minimum absolute atomic E-state index is 0. The van der Waals surface area contributed by atoms with E-state index in [9.17, 15) is 34.4 Å². The Balaban J connectivity index is 0.000000172. The number of pyridine rings is 1. The number of piperazine rings is 3. The van der Waals surface area contributed by atoms with Crippen molar-refractivity contribution in [1.29, 1.82) is 0 Å². The second-order valence-electron chi connectivity index (χ2n) is 22.6. The van der Waals surface area contributed by atoms with Crippen molar-refractivity contribution in [2.75, 3.05) is 111 Å². The Labute approximate surface area is 563 Å². The van der Waals surface area contributed by atoms with Crippen LogP contribution in [0.1, 0.15) is 16.9 Å². The fourth-order valence-corrected chi connectivity index (χ4v) is 15.4. The molecule has 1 amide bonds. The van der Waals surface area contributed by atoms with Crippen molar-refractivity contribution in [3.63, 3.8) is 0 Å². The Morgan fingerprint density at radius 2 is 1.10 bits per heavy atom. The highest BCUT2D eigenvalue weighted by atomic mass is 32.2. The quantitative estimate of drug-likeness (QED) is 0.0812. The number of thiazole rings is 1. The van der Waals surface area contributed by atoms with Gasteiger partial charge in [-0.25, -0.2) is 59.5 Å². The first-order chi connectivity index (χ1) is 46.4. The second-order valence-corrected chi connectivity index (χ2v) is 28.6. The minimum Gasteiger partial charge on any atom is -0.368 e. The summed E-state index contributed by atoms with van der Waals surface area (Å²) in [7, 11) is -11.1. The molecule has 0 bridgehead atoms. The second kappa shape index (κ2) is 29.1. The molecule has 3 aliphatic heterocycles. The van der Waals surface area contributed by atoms with Crippen molar-refractivity contribution < 1.29 is 38.7 Å². The van der Waals surface area contributed by atoms with E-state index in [4.69, 9.17) is 0 Å². The summed E-state index contributed by atoms with van der Waals surface area (Å²) in [4.78, 5) is 59.1. The molecule has 9 heterocycles. The lowest BCUT2D eigenvalue weighted by Gasteiger charge is -2.41. The summed E-state index contributed by atoms with van der Waals surface area (Å²) in [6.07, 6.45) is 14.0. The molecule has 96 heavy (non-hydrogen) atoms. The molecule has 3 aliphatic rings. The molecule has 3 fully saturated rings. The van der Waals surface area contributed by atoms with Crippen LogP contribution in [0.3, 0.4) is 0 Å². The fraction of sp³-hybridized carbons (Fsp3) is 0.227. The largest absolute Gasteiger partial charge is 0.368 e. The Bertz CT molecular complexity index is 4810. The third-order valence-electron chi connectivity index (χ3n) is 16.4. The molecular formula is C66H73FN18O7S4. The number of anilines is 8. The number of carbonyl (C=O) groups is 1. The van der Waals surface area contributed by atoms with Crippen LogP contribution in [0.4, 0.5) is 49.7 Å². The highest BCUT2D eigenvalue weighted by Crippen LogP contribution is 2.31. The number of hydrogen-bond donors (Lipinski definition) is 3. The molecule has 0 spiro atoms. The van der Waals surface area contributed by atoms with Crippen LogP contribution in [0.5, 0.6) is 0 Å². The molecule has 30 heteroatoms. The SMILES string of the molecule is CC1CN(c2ccc(S(=O)(=O)Nc3nccs3)cc2)CCN1C(=O)Cn1ccc2c(F)cccc21.Cc1cc(N2CCN(c3ccc(S(=O)(=O)Nc4ccncn4)cc3)CC2)c2ccccc2n1.O=S(=O)(Nc1ccncn1)c1ccc(N2CCN(c3cnccn3)CC2)cc1.[HH].[HH].[HH]. The Kier molecular flexibility index (Phi) is 19.9. The molecule has 5 aromatic carbocycles. The van der Waals surface area contributed by atoms with Crippen molar-refractivity contribution in [1.82, 2.24) is 49.3 Å². The van der Waals surface area contributed by atoms with E-state index in [2.05, 4.69) is 96.7 Å².